The first-order valence-corrected chi connectivity index (χ1v) is 9.66. The van der Waals surface area contributed by atoms with Crippen molar-refractivity contribution in [3.05, 3.63) is 139 Å². The minimum Gasteiger partial charge on any atom is -0.0622 e. The van der Waals surface area contributed by atoms with Crippen molar-refractivity contribution in [3.8, 4) is 0 Å². The van der Waals surface area contributed by atoms with Crippen LogP contribution in [0, 0.1) is 6.92 Å². The predicted octanol–water partition coefficient (Wildman–Crippen LogP) is 7.16. The summed E-state index contributed by atoms with van der Waals surface area (Å²) in [6, 6.07) is 40.9. The van der Waals surface area contributed by atoms with E-state index in [4.69, 9.17) is 6.92 Å². The summed E-state index contributed by atoms with van der Waals surface area (Å²) in [4.78, 5) is 0. The smallest absolute Gasteiger partial charge is 0.0464 e. The lowest BCUT2D eigenvalue weighted by atomic mass is 9.68. The molecule has 0 saturated carbocycles. The molecule has 5 rings (SSSR count). The van der Waals surface area contributed by atoms with E-state index in [1.807, 2.05) is 0 Å². The molecule has 5 aromatic carbocycles. The van der Waals surface area contributed by atoms with E-state index in [-0.39, 0.29) is 0 Å². The third-order valence-corrected chi connectivity index (χ3v) is 5.77. The number of hydrogen-bond acceptors (Lipinski definition) is 0. The zero-order valence-electron chi connectivity index (χ0n) is 15.7. The lowest BCUT2D eigenvalue weighted by Gasteiger charge is -2.34. The van der Waals surface area contributed by atoms with Gasteiger partial charge in [-0.05, 0) is 45.2 Å². The molecule has 28 heavy (non-hydrogen) atoms. The summed E-state index contributed by atoms with van der Waals surface area (Å²) in [7, 11) is 0. The monoisotopic (exact) mass is 357 g/mol. The summed E-state index contributed by atoms with van der Waals surface area (Å²) in [6.07, 6.45) is 0. The van der Waals surface area contributed by atoms with Crippen LogP contribution in [0.25, 0.3) is 21.5 Å². The van der Waals surface area contributed by atoms with Crippen molar-refractivity contribution in [2.45, 2.75) is 5.41 Å². The summed E-state index contributed by atoms with van der Waals surface area (Å²) in [5.41, 5.74) is 3.15. The second-order valence-electron chi connectivity index (χ2n) is 7.32. The molecule has 133 valence electrons. The van der Waals surface area contributed by atoms with Crippen molar-refractivity contribution in [1.82, 2.24) is 0 Å². The highest BCUT2D eigenvalue weighted by Crippen LogP contribution is 2.43. The van der Waals surface area contributed by atoms with E-state index in [2.05, 4.69) is 115 Å². The Morgan fingerprint density at radius 3 is 1.39 bits per heavy atom. The molecule has 5 aromatic rings. The summed E-state index contributed by atoms with van der Waals surface area (Å²) < 4.78 is 0. The van der Waals surface area contributed by atoms with Gasteiger partial charge < -0.3 is 0 Å². The number of rotatable bonds is 3. The van der Waals surface area contributed by atoms with Gasteiger partial charge in [0.15, 0.2) is 0 Å². The normalized spacial score (nSPS) is 11.8. The van der Waals surface area contributed by atoms with Gasteiger partial charge in [0, 0.05) is 5.41 Å². The van der Waals surface area contributed by atoms with E-state index in [1.165, 1.54) is 38.2 Å². The van der Waals surface area contributed by atoms with Gasteiger partial charge >= 0.3 is 0 Å². The molecule has 0 aromatic heterocycles. The lowest BCUT2D eigenvalue weighted by molar-refractivity contribution is 0.790. The SMILES string of the molecule is [CH2]C(c1ccccc1)(c1cccc2ccccc12)c1cccc2ccccc12. The molecule has 0 aliphatic heterocycles. The van der Waals surface area contributed by atoms with Crippen LogP contribution < -0.4 is 0 Å². The zero-order valence-corrected chi connectivity index (χ0v) is 15.7. The Hall–Kier alpha value is -3.38. The molecule has 0 aliphatic rings. The zero-order chi connectivity index (χ0) is 19.0. The fourth-order valence-corrected chi connectivity index (χ4v) is 4.37. The molecule has 0 heteroatoms. The van der Waals surface area contributed by atoms with E-state index in [9.17, 15) is 0 Å². The summed E-state index contributed by atoms with van der Waals surface area (Å²) >= 11 is 0. The lowest BCUT2D eigenvalue weighted by Crippen LogP contribution is -2.26. The molecule has 0 aliphatic carbocycles. The quantitative estimate of drug-likeness (QED) is 0.300. The van der Waals surface area contributed by atoms with E-state index in [0.717, 1.165) is 0 Å². The Labute approximate surface area is 166 Å². The molecule has 0 atom stereocenters. The van der Waals surface area contributed by atoms with Crippen molar-refractivity contribution in [2.75, 3.05) is 0 Å². The molecule has 1 radical (unpaired) electrons. The summed E-state index contributed by atoms with van der Waals surface area (Å²) in [5, 5.41) is 4.97. The minimum atomic E-state index is -0.511. The topological polar surface area (TPSA) is 0 Å². The van der Waals surface area contributed by atoms with Crippen molar-refractivity contribution in [3.63, 3.8) is 0 Å². The number of hydrogen-bond donors (Lipinski definition) is 0. The number of benzene rings is 5. The van der Waals surface area contributed by atoms with Crippen LogP contribution in [0.3, 0.4) is 0 Å². The Morgan fingerprint density at radius 1 is 0.429 bits per heavy atom. The van der Waals surface area contributed by atoms with Gasteiger partial charge in [-0.1, -0.05) is 115 Å². The van der Waals surface area contributed by atoms with Gasteiger partial charge in [0.1, 0.15) is 0 Å². The van der Waals surface area contributed by atoms with Gasteiger partial charge in [0.05, 0.1) is 0 Å². The molecular formula is C28H21. The van der Waals surface area contributed by atoms with Crippen LogP contribution in [0.4, 0.5) is 0 Å². The predicted molar refractivity (Wildman–Crippen MR) is 120 cm³/mol. The fourth-order valence-electron chi connectivity index (χ4n) is 4.37. The maximum atomic E-state index is 4.88. The van der Waals surface area contributed by atoms with E-state index >= 15 is 0 Å². The van der Waals surface area contributed by atoms with Crippen LogP contribution in [0.1, 0.15) is 16.7 Å². The Kier molecular flexibility index (Phi) is 3.98. The van der Waals surface area contributed by atoms with Crippen LogP contribution in [0.2, 0.25) is 0 Å². The highest BCUT2D eigenvalue weighted by molar-refractivity contribution is 5.92. The van der Waals surface area contributed by atoms with Gasteiger partial charge in [0.25, 0.3) is 0 Å². The highest BCUT2D eigenvalue weighted by atomic mass is 14.4. The van der Waals surface area contributed by atoms with Gasteiger partial charge in [0.2, 0.25) is 0 Å². The standard InChI is InChI=1S/C28H21/c1-28(23-15-3-2-4-16-23,26-19-9-13-21-11-5-7-17-24(21)26)27-20-10-14-22-12-6-8-18-25(22)27/h2-20H,1H2. The molecule has 0 fully saturated rings. The van der Waals surface area contributed by atoms with Crippen LogP contribution in [-0.2, 0) is 5.41 Å². The maximum Gasteiger partial charge on any atom is 0.0464 e. The second-order valence-corrected chi connectivity index (χ2v) is 7.32. The average molecular weight is 357 g/mol. The minimum absolute atomic E-state index is 0.511. The molecular weight excluding hydrogens is 336 g/mol. The molecule has 0 nitrogen and oxygen atoms in total. The first-order valence-electron chi connectivity index (χ1n) is 9.66. The first kappa shape index (κ1) is 16.8. The van der Waals surface area contributed by atoms with Crippen molar-refractivity contribution in [2.24, 2.45) is 0 Å². The summed E-state index contributed by atoms with van der Waals surface area (Å²) in [6.45, 7) is 4.88. The van der Waals surface area contributed by atoms with E-state index < -0.39 is 5.41 Å². The first-order chi connectivity index (χ1) is 13.8. The molecule has 0 amide bonds. The van der Waals surface area contributed by atoms with Gasteiger partial charge in [-0.15, -0.1) is 0 Å². The Morgan fingerprint density at radius 2 is 0.857 bits per heavy atom. The molecule has 0 spiro atoms. The fraction of sp³-hybridized carbons (Fsp3) is 0.0357. The maximum absolute atomic E-state index is 4.88. The van der Waals surface area contributed by atoms with Crippen molar-refractivity contribution in [1.29, 1.82) is 0 Å². The van der Waals surface area contributed by atoms with Gasteiger partial charge in [-0.2, -0.15) is 0 Å². The van der Waals surface area contributed by atoms with Crippen molar-refractivity contribution < 1.29 is 0 Å². The van der Waals surface area contributed by atoms with E-state index in [1.54, 1.807) is 0 Å². The molecule has 0 heterocycles. The van der Waals surface area contributed by atoms with Gasteiger partial charge in [-0.3, -0.25) is 0 Å². The molecule has 0 unspecified atom stereocenters. The molecule has 0 N–H and O–H groups in total. The van der Waals surface area contributed by atoms with Crippen LogP contribution in [-0.4, -0.2) is 0 Å². The molecule has 0 bridgehead atoms. The van der Waals surface area contributed by atoms with Crippen molar-refractivity contribution >= 4 is 21.5 Å². The van der Waals surface area contributed by atoms with Crippen LogP contribution in [0.5, 0.6) is 0 Å². The average Bonchev–Trinajstić information content (AvgIpc) is 2.78. The number of fused-ring (bicyclic) bond motifs is 2. The third-order valence-electron chi connectivity index (χ3n) is 5.77. The van der Waals surface area contributed by atoms with Crippen LogP contribution >= 0.6 is 0 Å². The van der Waals surface area contributed by atoms with E-state index in [0.29, 0.717) is 0 Å². The highest BCUT2D eigenvalue weighted by Gasteiger charge is 2.33. The molecule has 0 saturated heterocycles. The summed E-state index contributed by atoms with van der Waals surface area (Å²) in [5.74, 6) is 0. The Balaban J connectivity index is 1.92. The Bertz CT molecular complexity index is 1180. The largest absolute Gasteiger partial charge is 0.0622 e. The third kappa shape index (κ3) is 2.53. The van der Waals surface area contributed by atoms with Crippen LogP contribution in [0.15, 0.2) is 115 Å². The van der Waals surface area contributed by atoms with Gasteiger partial charge in [-0.25, -0.2) is 0 Å². The second kappa shape index (κ2) is 6.65.